The number of anilines is 1. The quantitative estimate of drug-likeness (QED) is 0.388. The molecule has 37 heavy (non-hydrogen) atoms. The number of fused-ring (bicyclic) bond motifs is 1. The molecular weight excluding hydrogens is 503 g/mol. The van der Waals surface area contributed by atoms with E-state index in [-0.39, 0.29) is 29.5 Å². The molecule has 0 spiro atoms. The van der Waals surface area contributed by atoms with E-state index < -0.39 is 27.7 Å². The van der Waals surface area contributed by atoms with Crippen LogP contribution in [0.15, 0.2) is 68.7 Å². The van der Waals surface area contributed by atoms with E-state index >= 15 is 0 Å². The summed E-state index contributed by atoms with van der Waals surface area (Å²) in [5.41, 5.74) is 2.53. The van der Waals surface area contributed by atoms with Gasteiger partial charge in [-0.3, -0.25) is 9.29 Å². The summed E-state index contributed by atoms with van der Waals surface area (Å²) >= 11 is 0. The minimum Gasteiger partial charge on any atom is -0.494 e. The van der Waals surface area contributed by atoms with Crippen molar-refractivity contribution in [2.45, 2.75) is 30.8 Å². The van der Waals surface area contributed by atoms with Crippen LogP contribution >= 0.6 is 0 Å². The molecule has 2 aromatic carbocycles. The number of hydrogen-bond donors (Lipinski definition) is 1. The van der Waals surface area contributed by atoms with E-state index in [0.717, 1.165) is 17.8 Å². The van der Waals surface area contributed by atoms with Crippen LogP contribution in [0.25, 0.3) is 11.3 Å². The van der Waals surface area contributed by atoms with Crippen molar-refractivity contribution >= 4 is 15.7 Å². The lowest BCUT2D eigenvalue weighted by atomic mass is 10.1. The summed E-state index contributed by atoms with van der Waals surface area (Å²) in [5, 5.41) is 5.99. The summed E-state index contributed by atoms with van der Waals surface area (Å²) in [6.07, 6.45) is 0.00437. The van der Waals surface area contributed by atoms with Gasteiger partial charge in [0.05, 0.1) is 29.9 Å². The van der Waals surface area contributed by atoms with E-state index in [4.69, 9.17) is 13.9 Å². The van der Waals surface area contributed by atoms with Crippen molar-refractivity contribution < 1.29 is 26.7 Å². The van der Waals surface area contributed by atoms with Crippen molar-refractivity contribution in [1.29, 1.82) is 0 Å². The average molecular weight is 527 g/mol. The summed E-state index contributed by atoms with van der Waals surface area (Å²) in [4.78, 5) is 15.7. The van der Waals surface area contributed by atoms with Gasteiger partial charge in [-0.2, -0.15) is 0 Å². The summed E-state index contributed by atoms with van der Waals surface area (Å²) in [6, 6.07) is 14.2. The van der Waals surface area contributed by atoms with Gasteiger partial charge in [0.1, 0.15) is 11.9 Å². The van der Waals surface area contributed by atoms with Crippen LogP contribution in [0.4, 0.5) is 10.1 Å². The maximum atomic E-state index is 14.0. The maximum Gasteiger partial charge on any atom is 0.434 e. The van der Waals surface area contributed by atoms with Crippen molar-refractivity contribution in [3.63, 3.8) is 0 Å². The molecule has 1 aliphatic rings. The lowest BCUT2D eigenvalue weighted by Crippen LogP contribution is -2.43. The molecule has 5 rings (SSSR count). The first-order valence-corrected chi connectivity index (χ1v) is 12.8. The summed E-state index contributed by atoms with van der Waals surface area (Å²) in [7, 11) is -2.89. The number of aromatic amines is 1. The van der Waals surface area contributed by atoms with Gasteiger partial charge in [0.15, 0.2) is 11.6 Å². The lowest BCUT2D eigenvalue weighted by Gasteiger charge is -2.35. The number of nitrogens with zero attached hydrogens (tertiary/aromatic N) is 3. The Labute approximate surface area is 211 Å². The van der Waals surface area contributed by atoms with Crippen LogP contribution in [0.3, 0.4) is 0 Å². The van der Waals surface area contributed by atoms with Gasteiger partial charge in [0.25, 0.3) is 10.0 Å². The highest BCUT2D eigenvalue weighted by molar-refractivity contribution is 7.92. The smallest absolute Gasteiger partial charge is 0.434 e. The predicted molar refractivity (Wildman–Crippen MR) is 132 cm³/mol. The molecule has 0 radical (unpaired) electrons. The Balaban J connectivity index is 1.55. The van der Waals surface area contributed by atoms with Gasteiger partial charge in [-0.1, -0.05) is 6.07 Å². The number of sulfonamides is 1. The van der Waals surface area contributed by atoms with Gasteiger partial charge >= 0.3 is 5.76 Å². The lowest BCUT2D eigenvalue weighted by molar-refractivity contribution is 0.187. The number of methoxy groups -OCH3 is 1. The van der Waals surface area contributed by atoms with Gasteiger partial charge in [-0.25, -0.2) is 22.7 Å². The minimum atomic E-state index is -4.15. The second-order valence-corrected chi connectivity index (χ2v) is 10.3. The monoisotopic (exact) mass is 526 g/mol. The molecule has 0 saturated carbocycles. The zero-order valence-electron chi connectivity index (χ0n) is 20.0. The Kier molecular flexibility index (Phi) is 6.42. The Morgan fingerprint density at radius 1 is 1.19 bits per heavy atom. The molecule has 12 heteroatoms. The van der Waals surface area contributed by atoms with Crippen molar-refractivity contribution in [3.05, 3.63) is 82.5 Å². The molecule has 0 amide bonds. The molecule has 192 valence electrons. The predicted octanol–water partition coefficient (Wildman–Crippen LogP) is 3.47. The molecule has 4 aromatic rings. The van der Waals surface area contributed by atoms with Gasteiger partial charge in [0, 0.05) is 23.7 Å². The third kappa shape index (κ3) is 4.92. The number of aromatic nitrogens is 3. The fourth-order valence-corrected chi connectivity index (χ4v) is 5.65. The number of pyridine rings is 1. The van der Waals surface area contributed by atoms with E-state index in [1.165, 1.54) is 17.5 Å². The standard InChI is InChI=1S/C25H23FN4O6S/c1-15-4-3-5-20(27-15)16-6-10-22-21(12-16)30(14-17(35-22)7-11-24-28-29-25(31)36-24)37(32,33)18-8-9-19(26)23(13-18)34-2/h3-6,8-10,12-13,17H,7,11,14H2,1-2H3,(H,29,31)/t17-/m0/s1. The molecule has 1 N–H and O–H groups in total. The van der Waals surface area contributed by atoms with Crippen molar-refractivity contribution in [2.75, 3.05) is 18.0 Å². The van der Waals surface area contributed by atoms with Crippen LogP contribution < -0.4 is 19.5 Å². The molecule has 0 fully saturated rings. The first kappa shape index (κ1) is 24.5. The van der Waals surface area contributed by atoms with E-state index in [9.17, 15) is 17.6 Å². The fraction of sp³-hybridized carbons (Fsp3) is 0.240. The van der Waals surface area contributed by atoms with Crippen molar-refractivity contribution in [1.82, 2.24) is 15.2 Å². The van der Waals surface area contributed by atoms with Gasteiger partial charge in [-0.15, -0.1) is 5.10 Å². The van der Waals surface area contributed by atoms with E-state index in [2.05, 4.69) is 15.2 Å². The Hall–Kier alpha value is -4.19. The van der Waals surface area contributed by atoms with Crippen LogP contribution in [0.1, 0.15) is 18.0 Å². The third-order valence-corrected chi connectivity index (χ3v) is 7.72. The molecule has 3 heterocycles. The minimum absolute atomic E-state index is 0.0334. The molecule has 0 aliphatic carbocycles. The van der Waals surface area contributed by atoms with Gasteiger partial charge in [0.2, 0.25) is 5.89 Å². The van der Waals surface area contributed by atoms with E-state index in [1.807, 2.05) is 31.2 Å². The molecular formula is C25H23FN4O6S. The largest absolute Gasteiger partial charge is 0.494 e. The SMILES string of the molecule is COc1cc(S(=O)(=O)N2C[C@H](CCc3n[nH]c(=O)o3)Oc3ccc(-c4cccc(C)n4)cc32)ccc1F. The molecule has 2 aromatic heterocycles. The Morgan fingerprint density at radius 2 is 2.03 bits per heavy atom. The van der Waals surface area contributed by atoms with Crippen LogP contribution in [-0.2, 0) is 16.4 Å². The molecule has 1 aliphatic heterocycles. The summed E-state index contributed by atoms with van der Waals surface area (Å²) in [6.45, 7) is 1.84. The van der Waals surface area contributed by atoms with E-state index in [1.54, 1.807) is 12.1 Å². The zero-order valence-corrected chi connectivity index (χ0v) is 20.8. The topological polar surface area (TPSA) is 128 Å². The molecule has 1 atom stereocenters. The highest BCUT2D eigenvalue weighted by atomic mass is 32.2. The first-order valence-electron chi connectivity index (χ1n) is 11.4. The number of aryl methyl sites for hydroxylation is 2. The Morgan fingerprint density at radius 3 is 2.76 bits per heavy atom. The van der Waals surface area contributed by atoms with Crippen LogP contribution in [-0.4, -0.2) is 43.4 Å². The molecule has 0 saturated heterocycles. The third-order valence-electron chi connectivity index (χ3n) is 5.95. The van der Waals surface area contributed by atoms with Crippen molar-refractivity contribution in [3.8, 4) is 22.8 Å². The van der Waals surface area contributed by atoms with Crippen molar-refractivity contribution in [2.24, 2.45) is 0 Å². The Bertz CT molecular complexity index is 1620. The second kappa shape index (κ2) is 9.69. The number of hydrogen-bond acceptors (Lipinski definition) is 8. The molecule has 10 nitrogen and oxygen atoms in total. The van der Waals surface area contributed by atoms with Gasteiger partial charge < -0.3 is 13.9 Å². The molecule has 0 unspecified atom stereocenters. The zero-order chi connectivity index (χ0) is 26.2. The highest BCUT2D eigenvalue weighted by Gasteiger charge is 2.35. The average Bonchev–Trinajstić information content (AvgIpc) is 3.31. The maximum absolute atomic E-state index is 14.0. The van der Waals surface area contributed by atoms with Gasteiger partial charge in [-0.05, 0) is 55.8 Å². The number of H-pyrrole nitrogens is 1. The summed E-state index contributed by atoms with van der Waals surface area (Å²) < 4.78 is 59.1. The second-order valence-electron chi connectivity index (χ2n) is 8.46. The summed E-state index contributed by atoms with van der Waals surface area (Å²) in [5.74, 6) is -0.976. The number of halogens is 1. The first-order chi connectivity index (χ1) is 17.7. The fourth-order valence-electron chi connectivity index (χ4n) is 4.13. The number of rotatable bonds is 7. The number of ether oxygens (including phenoxy) is 2. The van der Waals surface area contributed by atoms with Crippen LogP contribution in [0, 0.1) is 12.7 Å². The number of benzene rings is 2. The number of nitrogens with one attached hydrogen (secondary N) is 1. The van der Waals surface area contributed by atoms with Crippen LogP contribution in [0.2, 0.25) is 0 Å². The normalized spacial score (nSPS) is 15.2. The van der Waals surface area contributed by atoms with E-state index in [0.29, 0.717) is 29.1 Å². The van der Waals surface area contributed by atoms with Crippen LogP contribution in [0.5, 0.6) is 11.5 Å². The highest BCUT2D eigenvalue weighted by Crippen LogP contribution is 2.40. The molecule has 0 bridgehead atoms.